The van der Waals surface area contributed by atoms with Crippen LogP contribution in [0.3, 0.4) is 0 Å². The van der Waals surface area contributed by atoms with Crippen molar-refractivity contribution >= 4 is 0 Å². The minimum atomic E-state index is 0.292. The fraction of sp³-hybridized carbons (Fsp3) is 0.500. The highest BCUT2D eigenvalue weighted by Crippen LogP contribution is 2.09. The van der Waals surface area contributed by atoms with Crippen LogP contribution in [0.2, 0.25) is 0 Å². The van der Waals surface area contributed by atoms with Gasteiger partial charge in [0.1, 0.15) is 24.5 Å². The van der Waals surface area contributed by atoms with E-state index < -0.39 is 0 Å². The van der Waals surface area contributed by atoms with Gasteiger partial charge in [0.2, 0.25) is 0 Å². The molecule has 114 valence electrons. The molecule has 0 spiro atoms. The predicted molar refractivity (Wildman–Crippen MR) is 83.5 cm³/mol. The number of nitrogens with one attached hydrogen (secondary N) is 1. The Labute approximate surface area is 126 Å². The van der Waals surface area contributed by atoms with Gasteiger partial charge < -0.3 is 14.6 Å². The second kappa shape index (κ2) is 7.78. The molecule has 0 fully saturated rings. The van der Waals surface area contributed by atoms with Gasteiger partial charge in [-0.05, 0) is 32.9 Å². The third-order valence-corrected chi connectivity index (χ3v) is 3.29. The van der Waals surface area contributed by atoms with Crippen LogP contribution in [0.25, 0.3) is 0 Å². The van der Waals surface area contributed by atoms with Crippen molar-refractivity contribution in [3.8, 4) is 5.75 Å². The maximum Gasteiger partial charge on any atom is 0.134 e. The normalized spacial score (nSPS) is 12.6. The molecule has 1 atom stereocenters. The highest BCUT2D eigenvalue weighted by Gasteiger charge is 2.08. The largest absolute Gasteiger partial charge is 0.492 e. The number of rotatable bonds is 8. The molecule has 0 aliphatic heterocycles. The van der Waals surface area contributed by atoms with E-state index in [0.29, 0.717) is 18.7 Å². The van der Waals surface area contributed by atoms with Crippen LogP contribution in [0.1, 0.15) is 32.6 Å². The number of ether oxygens (including phenoxy) is 1. The highest BCUT2D eigenvalue weighted by atomic mass is 16.5. The summed E-state index contributed by atoms with van der Waals surface area (Å²) in [6, 6.07) is 10.6. The zero-order chi connectivity index (χ0) is 15.1. The van der Waals surface area contributed by atoms with E-state index in [0.717, 1.165) is 24.5 Å². The van der Waals surface area contributed by atoms with Gasteiger partial charge in [0, 0.05) is 25.0 Å². The Bertz CT molecular complexity index is 524. The van der Waals surface area contributed by atoms with Crippen LogP contribution in [0, 0.1) is 0 Å². The van der Waals surface area contributed by atoms with Gasteiger partial charge in [-0.2, -0.15) is 0 Å². The monoisotopic (exact) mass is 288 g/mol. The van der Waals surface area contributed by atoms with Crippen LogP contribution < -0.4 is 10.1 Å². The predicted octanol–water partition coefficient (Wildman–Crippen LogP) is 2.46. The molecule has 1 heterocycles. The van der Waals surface area contributed by atoms with Crippen LogP contribution in [0.5, 0.6) is 5.75 Å². The molecule has 1 aromatic heterocycles. The van der Waals surface area contributed by atoms with Crippen LogP contribution in [-0.2, 0) is 6.42 Å². The molecule has 5 nitrogen and oxygen atoms in total. The second-order valence-electron chi connectivity index (χ2n) is 5.48. The Kier molecular flexibility index (Phi) is 5.75. The summed E-state index contributed by atoms with van der Waals surface area (Å²) in [5.74, 6) is 1.93. The molecule has 1 aromatic carbocycles. The molecule has 0 unspecified atom stereocenters. The van der Waals surface area contributed by atoms with Crippen molar-refractivity contribution in [1.29, 1.82) is 0 Å². The topological polar surface area (TPSA) is 52.0 Å². The smallest absolute Gasteiger partial charge is 0.134 e. The third-order valence-electron chi connectivity index (χ3n) is 3.29. The molecule has 0 saturated carbocycles. The minimum absolute atomic E-state index is 0.292. The maximum atomic E-state index is 5.72. The Morgan fingerprint density at radius 3 is 2.67 bits per heavy atom. The lowest BCUT2D eigenvalue weighted by atomic mass is 10.3. The van der Waals surface area contributed by atoms with Crippen LogP contribution in [0.15, 0.2) is 36.7 Å². The van der Waals surface area contributed by atoms with Gasteiger partial charge in [-0.25, -0.2) is 0 Å². The second-order valence-corrected chi connectivity index (χ2v) is 5.48. The van der Waals surface area contributed by atoms with Gasteiger partial charge in [-0.3, -0.25) is 0 Å². The Morgan fingerprint density at radius 1 is 1.19 bits per heavy atom. The number of hydrogen-bond acceptors (Lipinski definition) is 4. The summed E-state index contributed by atoms with van der Waals surface area (Å²) in [5, 5.41) is 11.6. The zero-order valence-electron chi connectivity index (χ0n) is 13.0. The molecule has 5 heteroatoms. The molecule has 0 saturated heterocycles. The first-order chi connectivity index (χ1) is 10.2. The summed E-state index contributed by atoms with van der Waals surface area (Å²) in [7, 11) is 0. The molecule has 0 aliphatic rings. The molecule has 2 aromatic rings. The van der Waals surface area contributed by atoms with Crippen molar-refractivity contribution in [2.24, 2.45) is 0 Å². The van der Waals surface area contributed by atoms with Gasteiger partial charge in [-0.15, -0.1) is 10.2 Å². The lowest BCUT2D eigenvalue weighted by molar-refractivity contribution is 0.273. The summed E-state index contributed by atoms with van der Waals surface area (Å²) in [6.45, 7) is 7.91. The molecular formula is C16H24N4O. The maximum absolute atomic E-state index is 5.72. The third kappa shape index (κ3) is 4.86. The van der Waals surface area contributed by atoms with Gasteiger partial charge in [0.15, 0.2) is 0 Å². The Balaban J connectivity index is 1.69. The van der Waals surface area contributed by atoms with E-state index in [4.69, 9.17) is 4.74 Å². The molecule has 1 N–H and O–H groups in total. The summed E-state index contributed by atoms with van der Waals surface area (Å²) in [4.78, 5) is 0. The minimum Gasteiger partial charge on any atom is -0.492 e. The standard InChI is InChI=1S/C16H24N4O/c1-13(2)20-12-18-19-16(20)9-10-17-14(3)11-21-15-7-5-4-6-8-15/h4-8,12-14,17H,9-11H2,1-3H3/t14-/m0/s1. The van der Waals surface area contributed by atoms with E-state index in [2.05, 4.69) is 40.9 Å². The number of nitrogens with zero attached hydrogens (tertiary/aromatic N) is 3. The highest BCUT2D eigenvalue weighted by molar-refractivity contribution is 5.20. The van der Waals surface area contributed by atoms with Crippen molar-refractivity contribution in [2.75, 3.05) is 13.2 Å². The fourth-order valence-corrected chi connectivity index (χ4v) is 2.10. The van der Waals surface area contributed by atoms with Crippen molar-refractivity contribution in [3.05, 3.63) is 42.5 Å². The average Bonchev–Trinajstić information content (AvgIpc) is 2.95. The van der Waals surface area contributed by atoms with Crippen molar-refractivity contribution in [3.63, 3.8) is 0 Å². The number of para-hydroxylation sites is 1. The molecule has 21 heavy (non-hydrogen) atoms. The molecule has 0 aliphatic carbocycles. The van der Waals surface area contributed by atoms with Gasteiger partial charge in [0.05, 0.1) is 0 Å². The SMILES string of the molecule is CC(C)n1cnnc1CCN[C@@H](C)COc1ccccc1. The van der Waals surface area contributed by atoms with Crippen molar-refractivity contribution in [2.45, 2.75) is 39.3 Å². The van der Waals surface area contributed by atoms with Gasteiger partial charge in [0.25, 0.3) is 0 Å². The van der Waals surface area contributed by atoms with E-state index in [1.165, 1.54) is 0 Å². The van der Waals surface area contributed by atoms with Crippen LogP contribution in [-0.4, -0.2) is 34.0 Å². The molecule has 0 amide bonds. The van der Waals surface area contributed by atoms with E-state index in [1.54, 1.807) is 6.33 Å². The van der Waals surface area contributed by atoms with Crippen molar-refractivity contribution in [1.82, 2.24) is 20.1 Å². The van der Waals surface area contributed by atoms with Crippen LogP contribution >= 0.6 is 0 Å². The van der Waals surface area contributed by atoms with Gasteiger partial charge >= 0.3 is 0 Å². The molecule has 0 radical (unpaired) electrons. The summed E-state index contributed by atoms with van der Waals surface area (Å²) in [6.07, 6.45) is 2.66. The van der Waals surface area contributed by atoms with Crippen molar-refractivity contribution < 1.29 is 4.74 Å². The van der Waals surface area contributed by atoms with E-state index >= 15 is 0 Å². The average molecular weight is 288 g/mol. The zero-order valence-corrected chi connectivity index (χ0v) is 13.0. The number of hydrogen-bond donors (Lipinski definition) is 1. The summed E-state index contributed by atoms with van der Waals surface area (Å²) < 4.78 is 7.83. The molecule has 2 rings (SSSR count). The summed E-state index contributed by atoms with van der Waals surface area (Å²) >= 11 is 0. The summed E-state index contributed by atoms with van der Waals surface area (Å²) in [5.41, 5.74) is 0. The van der Waals surface area contributed by atoms with E-state index in [1.807, 2.05) is 30.3 Å². The number of aromatic nitrogens is 3. The van der Waals surface area contributed by atoms with Gasteiger partial charge in [-0.1, -0.05) is 18.2 Å². The molecule has 0 bridgehead atoms. The first-order valence-corrected chi connectivity index (χ1v) is 7.46. The quantitative estimate of drug-likeness (QED) is 0.810. The van der Waals surface area contributed by atoms with Crippen LogP contribution in [0.4, 0.5) is 0 Å². The lowest BCUT2D eigenvalue weighted by Gasteiger charge is -2.15. The molecular weight excluding hydrogens is 264 g/mol. The van der Waals surface area contributed by atoms with E-state index in [9.17, 15) is 0 Å². The fourth-order valence-electron chi connectivity index (χ4n) is 2.10. The lowest BCUT2D eigenvalue weighted by Crippen LogP contribution is -2.33. The number of benzene rings is 1. The van der Waals surface area contributed by atoms with E-state index in [-0.39, 0.29) is 0 Å². The first kappa shape index (κ1) is 15.5. The Morgan fingerprint density at radius 2 is 1.95 bits per heavy atom. The first-order valence-electron chi connectivity index (χ1n) is 7.46. The Hall–Kier alpha value is -1.88.